The minimum Gasteiger partial charge on any atom is -0.478 e. The molecule has 0 aliphatic rings. The quantitative estimate of drug-likeness (QED) is 0.259. The van der Waals surface area contributed by atoms with Crippen LogP contribution in [0, 0.1) is 0 Å². The molecule has 0 fully saturated rings. The van der Waals surface area contributed by atoms with E-state index in [1.165, 1.54) is 0 Å². The minimum atomic E-state index is -0.954. The van der Waals surface area contributed by atoms with E-state index >= 15 is 0 Å². The lowest BCUT2D eigenvalue weighted by Crippen LogP contribution is -2.07. The number of carbonyl (C=O) groups is 1. The summed E-state index contributed by atoms with van der Waals surface area (Å²) in [5.41, 5.74) is 5.06. The molecule has 0 bridgehead atoms. The summed E-state index contributed by atoms with van der Waals surface area (Å²) < 4.78 is 0. The van der Waals surface area contributed by atoms with Crippen molar-refractivity contribution >= 4 is 40.7 Å². The van der Waals surface area contributed by atoms with Crippen molar-refractivity contribution in [3.8, 4) is 11.1 Å². The Morgan fingerprint density at radius 3 is 2.31 bits per heavy atom. The number of benzene rings is 3. The lowest BCUT2D eigenvalue weighted by Gasteiger charge is -2.13. The molecule has 5 rings (SSSR count). The van der Waals surface area contributed by atoms with Crippen LogP contribution in [0.4, 0.5) is 17.7 Å². The molecule has 176 valence electrons. The Morgan fingerprint density at radius 1 is 0.889 bits per heavy atom. The molecule has 0 saturated heterocycles. The number of hydrogen-bond acceptors (Lipinski definition) is 7. The van der Waals surface area contributed by atoms with Gasteiger partial charge >= 0.3 is 5.97 Å². The molecule has 0 saturated carbocycles. The number of fused-ring (bicyclic) bond motifs is 1. The third-order valence-corrected chi connectivity index (χ3v) is 5.63. The van der Waals surface area contributed by atoms with Crippen LogP contribution in [-0.4, -0.2) is 31.0 Å². The van der Waals surface area contributed by atoms with Crippen molar-refractivity contribution in [3.05, 3.63) is 108 Å². The summed E-state index contributed by atoms with van der Waals surface area (Å²) in [7, 11) is 0. The number of hydrogen-bond donors (Lipinski definition) is 3. The van der Waals surface area contributed by atoms with Crippen LogP contribution in [0.2, 0.25) is 0 Å². The van der Waals surface area contributed by atoms with Crippen molar-refractivity contribution in [2.75, 3.05) is 10.6 Å². The summed E-state index contributed by atoms with van der Waals surface area (Å²) in [5, 5.41) is 16.4. The van der Waals surface area contributed by atoms with Crippen molar-refractivity contribution < 1.29 is 9.90 Å². The van der Waals surface area contributed by atoms with Gasteiger partial charge in [-0.1, -0.05) is 55.1 Å². The Morgan fingerprint density at radius 2 is 1.61 bits per heavy atom. The minimum absolute atomic E-state index is 0.245. The van der Waals surface area contributed by atoms with Crippen molar-refractivity contribution in [2.45, 2.75) is 6.54 Å². The molecule has 0 aliphatic carbocycles. The summed E-state index contributed by atoms with van der Waals surface area (Å²) in [5.74, 6) is 0.430. The molecule has 2 aromatic heterocycles. The van der Waals surface area contributed by atoms with E-state index in [2.05, 4.69) is 44.3 Å². The summed E-state index contributed by atoms with van der Waals surface area (Å²) in [6, 6.07) is 22.7. The Kier molecular flexibility index (Phi) is 6.31. The fourth-order valence-electron chi connectivity index (χ4n) is 3.73. The van der Waals surface area contributed by atoms with Gasteiger partial charge in [-0.2, -0.15) is 4.98 Å². The van der Waals surface area contributed by atoms with Gasteiger partial charge in [-0.15, -0.1) is 0 Å². The van der Waals surface area contributed by atoms with Gasteiger partial charge in [0.15, 0.2) is 0 Å². The van der Waals surface area contributed by atoms with E-state index in [9.17, 15) is 4.79 Å². The molecular formula is C28H22N6O2. The number of aromatic carboxylic acids is 1. The van der Waals surface area contributed by atoms with E-state index in [0.717, 1.165) is 33.2 Å². The zero-order valence-electron chi connectivity index (χ0n) is 19.2. The molecule has 0 amide bonds. The molecule has 0 radical (unpaired) electrons. The number of nitrogens with one attached hydrogen (secondary N) is 2. The molecule has 2 heterocycles. The third kappa shape index (κ3) is 5.02. The number of nitrogens with zero attached hydrogens (tertiary/aromatic N) is 4. The number of carboxylic acids is 1. The average molecular weight is 475 g/mol. The number of anilines is 3. The van der Waals surface area contributed by atoms with Crippen molar-refractivity contribution in [3.63, 3.8) is 0 Å². The highest BCUT2D eigenvalue weighted by atomic mass is 16.4. The fourth-order valence-corrected chi connectivity index (χ4v) is 3.73. The Labute approximate surface area is 207 Å². The highest BCUT2D eigenvalue weighted by molar-refractivity contribution is 5.93. The van der Waals surface area contributed by atoms with Gasteiger partial charge in [0.05, 0.1) is 11.1 Å². The first-order chi connectivity index (χ1) is 17.6. The molecule has 5 aromatic rings. The lowest BCUT2D eigenvalue weighted by molar-refractivity contribution is 0.0697. The number of carboxylic acid groups (broad SMARTS) is 1. The van der Waals surface area contributed by atoms with Gasteiger partial charge in [0.1, 0.15) is 5.82 Å². The summed E-state index contributed by atoms with van der Waals surface area (Å²) >= 11 is 0. The number of aromatic nitrogens is 4. The monoisotopic (exact) mass is 474 g/mol. The van der Waals surface area contributed by atoms with Crippen LogP contribution in [-0.2, 0) is 6.54 Å². The molecule has 8 nitrogen and oxygen atoms in total. The first kappa shape index (κ1) is 22.7. The van der Waals surface area contributed by atoms with Crippen LogP contribution in [0.15, 0.2) is 91.8 Å². The van der Waals surface area contributed by atoms with Crippen LogP contribution >= 0.6 is 0 Å². The SMILES string of the molecule is C=Cc1ccc(-c2ccc3c(NCc4ccc(C(=O)O)cc4)nc(Nc4ncccn4)nc3c2)cc1. The summed E-state index contributed by atoms with van der Waals surface area (Å²) in [4.78, 5) is 28.9. The van der Waals surface area contributed by atoms with Gasteiger partial charge in [0.25, 0.3) is 0 Å². The molecule has 0 spiro atoms. The molecule has 0 unspecified atom stereocenters. The Bertz CT molecular complexity index is 1540. The second kappa shape index (κ2) is 10.0. The maximum atomic E-state index is 11.1. The molecule has 0 aliphatic heterocycles. The molecule has 0 atom stereocenters. The predicted octanol–water partition coefficient (Wildman–Crippen LogP) is 5.78. The molecular weight excluding hydrogens is 452 g/mol. The van der Waals surface area contributed by atoms with Gasteiger partial charge in [-0.05, 0) is 52.6 Å². The normalized spacial score (nSPS) is 10.7. The third-order valence-electron chi connectivity index (χ3n) is 5.63. The van der Waals surface area contributed by atoms with Crippen molar-refractivity contribution in [2.24, 2.45) is 0 Å². The van der Waals surface area contributed by atoms with E-state index in [-0.39, 0.29) is 5.56 Å². The smallest absolute Gasteiger partial charge is 0.335 e. The second-order valence-corrected chi connectivity index (χ2v) is 8.01. The van der Waals surface area contributed by atoms with E-state index in [4.69, 9.17) is 10.1 Å². The van der Waals surface area contributed by atoms with Gasteiger partial charge in [0, 0.05) is 24.3 Å². The zero-order valence-corrected chi connectivity index (χ0v) is 19.2. The van der Waals surface area contributed by atoms with E-state index in [0.29, 0.717) is 24.3 Å². The van der Waals surface area contributed by atoms with Gasteiger partial charge < -0.3 is 10.4 Å². The van der Waals surface area contributed by atoms with Gasteiger partial charge in [-0.3, -0.25) is 5.32 Å². The van der Waals surface area contributed by atoms with Crippen molar-refractivity contribution in [1.82, 2.24) is 19.9 Å². The maximum Gasteiger partial charge on any atom is 0.335 e. The largest absolute Gasteiger partial charge is 0.478 e. The molecule has 3 N–H and O–H groups in total. The van der Waals surface area contributed by atoms with Crippen LogP contribution in [0.1, 0.15) is 21.5 Å². The topological polar surface area (TPSA) is 113 Å². The van der Waals surface area contributed by atoms with Crippen LogP contribution in [0.5, 0.6) is 0 Å². The van der Waals surface area contributed by atoms with Crippen molar-refractivity contribution in [1.29, 1.82) is 0 Å². The standard InChI is InChI=1S/C28H22N6O2/c1-2-18-4-8-20(9-5-18)22-12-13-23-24(16-22)32-28(34-27-29-14-3-15-30-27)33-25(23)31-17-19-6-10-21(11-7-19)26(35)36/h2-16H,1,17H2,(H,35,36)(H2,29,30,31,32,33,34). The lowest BCUT2D eigenvalue weighted by atomic mass is 10.0. The Balaban J connectivity index is 1.50. The number of rotatable bonds is 8. The van der Waals surface area contributed by atoms with Crippen LogP contribution < -0.4 is 10.6 Å². The second-order valence-electron chi connectivity index (χ2n) is 8.01. The fraction of sp³-hybridized carbons (Fsp3) is 0.0357. The van der Waals surface area contributed by atoms with E-state index in [1.54, 1.807) is 42.7 Å². The van der Waals surface area contributed by atoms with Gasteiger partial charge in [-0.25, -0.2) is 19.7 Å². The highest BCUT2D eigenvalue weighted by Crippen LogP contribution is 2.29. The maximum absolute atomic E-state index is 11.1. The molecule has 36 heavy (non-hydrogen) atoms. The van der Waals surface area contributed by atoms with E-state index in [1.807, 2.05) is 36.4 Å². The summed E-state index contributed by atoms with van der Waals surface area (Å²) in [6.07, 6.45) is 5.09. The first-order valence-corrected chi connectivity index (χ1v) is 11.2. The molecule has 8 heteroatoms. The van der Waals surface area contributed by atoms with Crippen LogP contribution in [0.25, 0.3) is 28.1 Å². The van der Waals surface area contributed by atoms with Crippen LogP contribution in [0.3, 0.4) is 0 Å². The predicted molar refractivity (Wildman–Crippen MR) is 141 cm³/mol. The average Bonchev–Trinajstić information content (AvgIpc) is 2.92. The Hall–Kier alpha value is -5.11. The van der Waals surface area contributed by atoms with Gasteiger partial charge in [0.2, 0.25) is 11.9 Å². The zero-order chi connectivity index (χ0) is 24.9. The molecule has 3 aromatic carbocycles. The first-order valence-electron chi connectivity index (χ1n) is 11.2. The highest BCUT2D eigenvalue weighted by Gasteiger charge is 2.11. The summed E-state index contributed by atoms with van der Waals surface area (Å²) in [6.45, 7) is 4.27. The van der Waals surface area contributed by atoms with E-state index < -0.39 is 5.97 Å².